The number of hydrogen-bond acceptors (Lipinski definition) is 3. The number of aliphatic carboxylic acids is 1. The molecule has 3 heteroatoms. The maximum absolute atomic E-state index is 11.6. The van der Waals surface area contributed by atoms with Gasteiger partial charge in [0, 0.05) is 6.42 Å². The Bertz CT molecular complexity index is 293. The molecule has 0 radical (unpaired) electrons. The van der Waals surface area contributed by atoms with Crippen molar-refractivity contribution in [2.24, 2.45) is 16.7 Å². The lowest BCUT2D eigenvalue weighted by Gasteiger charge is -2.37. The topological polar surface area (TPSA) is 57.2 Å². The Kier molecular flexibility index (Phi) is 1.44. The lowest BCUT2D eigenvalue weighted by atomic mass is 9.69. The van der Waals surface area contributed by atoms with Gasteiger partial charge in [-0.15, -0.1) is 0 Å². The van der Waals surface area contributed by atoms with E-state index in [-0.39, 0.29) is 11.7 Å². The van der Waals surface area contributed by atoms with Gasteiger partial charge in [-0.05, 0) is 24.2 Å². The standard InChI is InChI=1S/C10H14O3/c1-9(2)6-3-4-10(9,8(12)13)7(11)5-6/h6H,3-5H2,1-2H3,(H,12,13)/p-1. The molecule has 0 spiro atoms. The molecule has 2 atom stereocenters. The van der Waals surface area contributed by atoms with E-state index in [2.05, 4.69) is 0 Å². The zero-order valence-electron chi connectivity index (χ0n) is 7.92. The van der Waals surface area contributed by atoms with Gasteiger partial charge in [0.1, 0.15) is 5.78 Å². The third-order valence-electron chi connectivity index (χ3n) is 4.24. The molecule has 13 heavy (non-hydrogen) atoms. The lowest BCUT2D eigenvalue weighted by Crippen LogP contribution is -2.51. The molecule has 2 aliphatic rings. The summed E-state index contributed by atoms with van der Waals surface area (Å²) in [5, 5.41) is 11.1. The summed E-state index contributed by atoms with van der Waals surface area (Å²) in [7, 11) is 0. The van der Waals surface area contributed by atoms with Gasteiger partial charge in [-0.3, -0.25) is 4.79 Å². The molecule has 2 bridgehead atoms. The predicted octanol–water partition coefficient (Wildman–Crippen LogP) is 0.132. The number of carboxylic acid groups (broad SMARTS) is 1. The Hall–Kier alpha value is -0.860. The Morgan fingerprint density at radius 2 is 2.15 bits per heavy atom. The Morgan fingerprint density at radius 3 is 2.38 bits per heavy atom. The van der Waals surface area contributed by atoms with Crippen molar-refractivity contribution in [3.05, 3.63) is 0 Å². The second-order valence-electron chi connectivity index (χ2n) is 4.78. The third-order valence-corrected chi connectivity index (χ3v) is 4.24. The molecule has 2 fully saturated rings. The van der Waals surface area contributed by atoms with Gasteiger partial charge in [0.15, 0.2) is 0 Å². The Morgan fingerprint density at radius 1 is 1.54 bits per heavy atom. The molecule has 0 amide bonds. The van der Waals surface area contributed by atoms with E-state index in [4.69, 9.17) is 0 Å². The molecule has 2 aliphatic carbocycles. The van der Waals surface area contributed by atoms with Crippen molar-refractivity contribution in [2.45, 2.75) is 33.1 Å². The van der Waals surface area contributed by atoms with Crippen LogP contribution in [0, 0.1) is 16.7 Å². The van der Waals surface area contributed by atoms with Crippen LogP contribution in [0.5, 0.6) is 0 Å². The number of Topliss-reactive ketones (excluding diaryl/α,β-unsaturated/α-hetero) is 1. The first-order chi connectivity index (χ1) is 5.93. The highest BCUT2D eigenvalue weighted by molar-refractivity contribution is 6.06. The maximum Gasteiger partial charge on any atom is 0.145 e. The molecule has 0 aromatic rings. The molecule has 0 aliphatic heterocycles. The number of carbonyl (C=O) groups is 2. The average Bonchev–Trinajstić information content (AvgIpc) is 2.35. The molecule has 2 unspecified atom stereocenters. The highest BCUT2D eigenvalue weighted by Crippen LogP contribution is 2.63. The molecule has 0 N–H and O–H groups in total. The summed E-state index contributed by atoms with van der Waals surface area (Å²) in [4.78, 5) is 22.7. The molecule has 0 aromatic carbocycles. The van der Waals surface area contributed by atoms with Crippen molar-refractivity contribution in [1.29, 1.82) is 0 Å². The average molecular weight is 181 g/mol. The van der Waals surface area contributed by atoms with E-state index in [1.165, 1.54) is 0 Å². The normalized spacial score (nSPS) is 41.1. The first-order valence-electron chi connectivity index (χ1n) is 4.67. The first kappa shape index (κ1) is 8.73. The fourth-order valence-corrected chi connectivity index (χ4v) is 3.16. The molecule has 2 saturated carbocycles. The highest BCUT2D eigenvalue weighted by atomic mass is 16.4. The smallest absolute Gasteiger partial charge is 0.145 e. The number of hydrogen-bond donors (Lipinski definition) is 0. The van der Waals surface area contributed by atoms with Crippen molar-refractivity contribution in [3.8, 4) is 0 Å². The van der Waals surface area contributed by atoms with Crippen LogP contribution in [0.2, 0.25) is 0 Å². The molecular weight excluding hydrogens is 168 g/mol. The molecule has 0 saturated heterocycles. The van der Waals surface area contributed by atoms with Crippen LogP contribution < -0.4 is 5.11 Å². The lowest BCUT2D eigenvalue weighted by molar-refractivity contribution is -0.320. The molecule has 3 nitrogen and oxygen atoms in total. The van der Waals surface area contributed by atoms with Gasteiger partial charge in [-0.2, -0.15) is 0 Å². The van der Waals surface area contributed by atoms with Crippen LogP contribution >= 0.6 is 0 Å². The summed E-state index contributed by atoms with van der Waals surface area (Å²) in [5.41, 5.74) is -1.57. The second kappa shape index (κ2) is 2.14. The van der Waals surface area contributed by atoms with Gasteiger partial charge in [0.25, 0.3) is 0 Å². The van der Waals surface area contributed by atoms with Gasteiger partial charge in [0.05, 0.1) is 11.4 Å². The van der Waals surface area contributed by atoms with E-state index in [1.807, 2.05) is 13.8 Å². The minimum atomic E-state index is -1.17. The molecular formula is C10H13O3-. The van der Waals surface area contributed by atoms with Gasteiger partial charge < -0.3 is 9.90 Å². The number of carbonyl (C=O) groups excluding carboxylic acids is 2. The van der Waals surface area contributed by atoms with Gasteiger partial charge in [-0.25, -0.2) is 0 Å². The largest absolute Gasteiger partial charge is 0.549 e. The third kappa shape index (κ3) is 0.713. The fraction of sp³-hybridized carbons (Fsp3) is 0.800. The van der Waals surface area contributed by atoms with Crippen LogP contribution in [0.1, 0.15) is 33.1 Å². The monoisotopic (exact) mass is 181 g/mol. The van der Waals surface area contributed by atoms with E-state index < -0.39 is 16.8 Å². The van der Waals surface area contributed by atoms with E-state index in [0.717, 1.165) is 6.42 Å². The van der Waals surface area contributed by atoms with Gasteiger partial charge in [0.2, 0.25) is 0 Å². The van der Waals surface area contributed by atoms with Crippen molar-refractivity contribution >= 4 is 11.8 Å². The van der Waals surface area contributed by atoms with Crippen LogP contribution in [0.15, 0.2) is 0 Å². The molecule has 0 aromatic heterocycles. The van der Waals surface area contributed by atoms with E-state index in [9.17, 15) is 14.7 Å². The first-order valence-corrected chi connectivity index (χ1v) is 4.67. The second-order valence-corrected chi connectivity index (χ2v) is 4.78. The summed E-state index contributed by atoms with van der Waals surface area (Å²) < 4.78 is 0. The van der Waals surface area contributed by atoms with Gasteiger partial charge in [-0.1, -0.05) is 13.8 Å². The van der Waals surface area contributed by atoms with Crippen molar-refractivity contribution < 1.29 is 14.7 Å². The van der Waals surface area contributed by atoms with Crippen LogP contribution in [-0.2, 0) is 9.59 Å². The SMILES string of the molecule is CC1(C)C2CCC1(C(=O)[O-])C(=O)C2. The summed E-state index contributed by atoms with van der Waals surface area (Å²) in [5.74, 6) is -1.03. The minimum Gasteiger partial charge on any atom is -0.549 e. The molecule has 2 rings (SSSR count). The van der Waals surface area contributed by atoms with Crippen molar-refractivity contribution in [2.75, 3.05) is 0 Å². The number of carboxylic acids is 1. The zero-order chi connectivity index (χ0) is 9.85. The zero-order valence-corrected chi connectivity index (χ0v) is 7.92. The molecule has 0 heterocycles. The fourth-order valence-electron chi connectivity index (χ4n) is 3.16. The van der Waals surface area contributed by atoms with E-state index >= 15 is 0 Å². The summed E-state index contributed by atoms with van der Waals surface area (Å²) in [6, 6.07) is 0. The molecule has 72 valence electrons. The number of ketones is 1. The number of fused-ring (bicyclic) bond motifs is 2. The van der Waals surface area contributed by atoms with Crippen LogP contribution in [0.25, 0.3) is 0 Å². The van der Waals surface area contributed by atoms with Crippen LogP contribution in [0.4, 0.5) is 0 Å². The van der Waals surface area contributed by atoms with Crippen LogP contribution in [-0.4, -0.2) is 11.8 Å². The number of rotatable bonds is 1. The van der Waals surface area contributed by atoms with Crippen molar-refractivity contribution in [3.63, 3.8) is 0 Å². The van der Waals surface area contributed by atoms with E-state index in [1.54, 1.807) is 0 Å². The summed E-state index contributed by atoms with van der Waals surface area (Å²) in [6.45, 7) is 3.76. The predicted molar refractivity (Wildman–Crippen MR) is 43.6 cm³/mol. The maximum atomic E-state index is 11.6. The summed E-state index contributed by atoms with van der Waals surface area (Å²) in [6.07, 6.45) is 1.76. The van der Waals surface area contributed by atoms with Crippen LogP contribution in [0.3, 0.4) is 0 Å². The van der Waals surface area contributed by atoms with E-state index in [0.29, 0.717) is 12.8 Å². The Balaban J connectivity index is 2.55. The Labute approximate surface area is 77.1 Å². The van der Waals surface area contributed by atoms with Crippen molar-refractivity contribution in [1.82, 2.24) is 0 Å². The minimum absolute atomic E-state index is 0.117. The van der Waals surface area contributed by atoms with Gasteiger partial charge >= 0.3 is 0 Å². The highest BCUT2D eigenvalue weighted by Gasteiger charge is 2.64. The summed E-state index contributed by atoms with van der Waals surface area (Å²) >= 11 is 0. The quantitative estimate of drug-likeness (QED) is 0.540.